The number of rotatable bonds is 4. The standard InChI is InChI=1S/C15H19N3O5/c1-10(11-4-3-5-12(8-11)18(22)23)16-14(21)17-7-6-15(2,9-17)13(19)20/h3-5,8,10H,6-7,9H2,1-2H3,(H,16,21)(H,19,20). The summed E-state index contributed by atoms with van der Waals surface area (Å²) in [5.74, 6) is -0.917. The molecule has 1 fully saturated rings. The van der Waals surface area contributed by atoms with Crippen LogP contribution in [0.2, 0.25) is 0 Å². The first-order chi connectivity index (χ1) is 10.7. The second kappa shape index (κ2) is 6.23. The van der Waals surface area contributed by atoms with E-state index < -0.39 is 22.3 Å². The Kier molecular flexibility index (Phi) is 4.53. The zero-order chi connectivity index (χ0) is 17.2. The molecule has 1 saturated heterocycles. The number of hydrogen-bond acceptors (Lipinski definition) is 4. The largest absolute Gasteiger partial charge is 0.481 e. The van der Waals surface area contributed by atoms with Gasteiger partial charge < -0.3 is 15.3 Å². The van der Waals surface area contributed by atoms with Crippen LogP contribution in [-0.2, 0) is 4.79 Å². The number of nitro benzene ring substituents is 1. The summed E-state index contributed by atoms with van der Waals surface area (Å²) in [6.45, 7) is 3.86. The van der Waals surface area contributed by atoms with Gasteiger partial charge in [-0.2, -0.15) is 0 Å². The summed E-state index contributed by atoms with van der Waals surface area (Å²) in [6, 6.07) is 5.28. The summed E-state index contributed by atoms with van der Waals surface area (Å²) in [6.07, 6.45) is 0.404. The molecule has 2 N–H and O–H groups in total. The number of aliphatic carboxylic acids is 1. The number of non-ortho nitro benzene ring substituents is 1. The lowest BCUT2D eigenvalue weighted by atomic mass is 9.90. The molecule has 1 aromatic rings. The number of nitro groups is 1. The van der Waals surface area contributed by atoms with E-state index in [1.54, 1.807) is 26.0 Å². The molecule has 8 nitrogen and oxygen atoms in total. The number of amides is 2. The average Bonchev–Trinajstić information content (AvgIpc) is 2.91. The van der Waals surface area contributed by atoms with Crippen LogP contribution >= 0.6 is 0 Å². The van der Waals surface area contributed by atoms with Crippen molar-refractivity contribution in [2.45, 2.75) is 26.3 Å². The van der Waals surface area contributed by atoms with E-state index in [2.05, 4.69) is 5.32 Å². The molecular formula is C15H19N3O5. The molecule has 1 aliphatic rings. The van der Waals surface area contributed by atoms with Crippen LogP contribution < -0.4 is 5.32 Å². The van der Waals surface area contributed by atoms with Gasteiger partial charge in [0.15, 0.2) is 0 Å². The Bertz CT molecular complexity index is 648. The third-order valence-electron chi connectivity index (χ3n) is 4.20. The van der Waals surface area contributed by atoms with Crippen LogP contribution in [0.4, 0.5) is 10.5 Å². The molecule has 2 atom stereocenters. The van der Waals surface area contributed by atoms with Crippen molar-refractivity contribution in [1.82, 2.24) is 10.2 Å². The number of nitrogens with zero attached hydrogens (tertiary/aromatic N) is 2. The molecule has 0 aromatic heterocycles. The van der Waals surface area contributed by atoms with E-state index in [0.717, 1.165) is 0 Å². The highest BCUT2D eigenvalue weighted by molar-refractivity contribution is 5.79. The molecule has 0 saturated carbocycles. The molecule has 0 bridgehead atoms. The highest BCUT2D eigenvalue weighted by atomic mass is 16.6. The molecule has 1 heterocycles. The summed E-state index contributed by atoms with van der Waals surface area (Å²) in [5.41, 5.74) is -0.345. The quantitative estimate of drug-likeness (QED) is 0.652. The van der Waals surface area contributed by atoms with Crippen LogP contribution in [0.5, 0.6) is 0 Å². The molecule has 0 spiro atoms. The number of nitrogens with one attached hydrogen (secondary N) is 1. The topological polar surface area (TPSA) is 113 Å². The van der Waals surface area contributed by atoms with Gasteiger partial charge in [-0.3, -0.25) is 14.9 Å². The predicted octanol–water partition coefficient (Wildman–Crippen LogP) is 2.16. The van der Waals surface area contributed by atoms with Crippen molar-refractivity contribution in [2.75, 3.05) is 13.1 Å². The molecule has 2 amide bonds. The summed E-state index contributed by atoms with van der Waals surface area (Å²) in [7, 11) is 0. The lowest BCUT2D eigenvalue weighted by Crippen LogP contribution is -2.41. The van der Waals surface area contributed by atoms with Crippen molar-refractivity contribution in [1.29, 1.82) is 0 Å². The van der Waals surface area contributed by atoms with E-state index in [0.29, 0.717) is 18.5 Å². The fourth-order valence-corrected chi connectivity index (χ4v) is 2.58. The maximum absolute atomic E-state index is 12.2. The molecule has 1 aromatic carbocycles. The van der Waals surface area contributed by atoms with Crippen LogP contribution in [0.25, 0.3) is 0 Å². The predicted molar refractivity (Wildman–Crippen MR) is 82.0 cm³/mol. The number of urea groups is 1. The lowest BCUT2D eigenvalue weighted by Gasteiger charge is -2.23. The SMILES string of the molecule is CC(NC(=O)N1CCC(C)(C(=O)O)C1)c1cccc([N+](=O)[O-])c1. The average molecular weight is 321 g/mol. The third-order valence-corrected chi connectivity index (χ3v) is 4.20. The molecule has 2 rings (SSSR count). The molecule has 23 heavy (non-hydrogen) atoms. The van der Waals surface area contributed by atoms with Crippen molar-refractivity contribution in [2.24, 2.45) is 5.41 Å². The first-order valence-electron chi connectivity index (χ1n) is 7.26. The van der Waals surface area contributed by atoms with Gasteiger partial charge in [0.2, 0.25) is 0 Å². The Morgan fingerprint density at radius 3 is 2.74 bits per heavy atom. The Morgan fingerprint density at radius 1 is 1.48 bits per heavy atom. The molecule has 0 aliphatic carbocycles. The number of benzene rings is 1. The number of likely N-dealkylation sites (tertiary alicyclic amines) is 1. The highest BCUT2D eigenvalue weighted by Crippen LogP contribution is 2.30. The second-order valence-electron chi connectivity index (χ2n) is 6.06. The van der Waals surface area contributed by atoms with Gasteiger partial charge in [-0.25, -0.2) is 4.79 Å². The summed E-state index contributed by atoms with van der Waals surface area (Å²) < 4.78 is 0. The fraction of sp³-hybridized carbons (Fsp3) is 0.467. The van der Waals surface area contributed by atoms with E-state index in [1.807, 2.05) is 0 Å². The zero-order valence-electron chi connectivity index (χ0n) is 13.0. The van der Waals surface area contributed by atoms with Crippen molar-refractivity contribution >= 4 is 17.7 Å². The van der Waals surface area contributed by atoms with Gasteiger partial charge in [0, 0.05) is 25.2 Å². The summed E-state index contributed by atoms with van der Waals surface area (Å²) in [5, 5.41) is 22.7. The Balaban J connectivity index is 2.02. The summed E-state index contributed by atoms with van der Waals surface area (Å²) >= 11 is 0. The van der Waals surface area contributed by atoms with Crippen LogP contribution in [-0.4, -0.2) is 40.0 Å². The maximum atomic E-state index is 12.2. The minimum Gasteiger partial charge on any atom is -0.481 e. The molecule has 124 valence electrons. The highest BCUT2D eigenvalue weighted by Gasteiger charge is 2.42. The maximum Gasteiger partial charge on any atom is 0.317 e. The van der Waals surface area contributed by atoms with E-state index >= 15 is 0 Å². The van der Waals surface area contributed by atoms with E-state index in [-0.39, 0.29) is 18.3 Å². The zero-order valence-corrected chi connectivity index (χ0v) is 13.0. The van der Waals surface area contributed by atoms with E-state index in [4.69, 9.17) is 0 Å². The number of carboxylic acids is 1. The molecule has 8 heteroatoms. The first-order valence-corrected chi connectivity index (χ1v) is 7.26. The van der Waals surface area contributed by atoms with Gasteiger partial charge in [0.25, 0.3) is 5.69 Å². The Hall–Kier alpha value is -2.64. The molecule has 0 radical (unpaired) electrons. The first kappa shape index (κ1) is 16.7. The van der Waals surface area contributed by atoms with Crippen LogP contribution in [0, 0.1) is 15.5 Å². The molecule has 2 unspecified atom stereocenters. The lowest BCUT2D eigenvalue weighted by molar-refractivity contribution is -0.384. The fourth-order valence-electron chi connectivity index (χ4n) is 2.58. The van der Waals surface area contributed by atoms with Gasteiger partial charge >= 0.3 is 12.0 Å². The smallest absolute Gasteiger partial charge is 0.317 e. The van der Waals surface area contributed by atoms with Crippen molar-refractivity contribution in [3.05, 3.63) is 39.9 Å². The molecule has 1 aliphatic heterocycles. The van der Waals surface area contributed by atoms with Crippen molar-refractivity contribution < 1.29 is 19.6 Å². The normalized spacial score (nSPS) is 21.7. The number of hydrogen-bond donors (Lipinski definition) is 2. The molecular weight excluding hydrogens is 302 g/mol. The van der Waals surface area contributed by atoms with Crippen molar-refractivity contribution in [3.8, 4) is 0 Å². The van der Waals surface area contributed by atoms with Gasteiger partial charge in [0.1, 0.15) is 0 Å². The van der Waals surface area contributed by atoms with Gasteiger partial charge in [-0.05, 0) is 25.8 Å². The van der Waals surface area contributed by atoms with Crippen LogP contribution in [0.3, 0.4) is 0 Å². The Labute approximate surface area is 133 Å². The minimum atomic E-state index is -0.924. The van der Waals surface area contributed by atoms with Gasteiger partial charge in [-0.15, -0.1) is 0 Å². The van der Waals surface area contributed by atoms with Crippen molar-refractivity contribution in [3.63, 3.8) is 0 Å². The second-order valence-corrected chi connectivity index (χ2v) is 6.06. The van der Waals surface area contributed by atoms with E-state index in [9.17, 15) is 24.8 Å². The summed E-state index contributed by atoms with van der Waals surface area (Å²) in [4.78, 5) is 35.2. The minimum absolute atomic E-state index is 0.0387. The number of carbonyl (C=O) groups excluding carboxylic acids is 1. The van der Waals surface area contributed by atoms with Gasteiger partial charge in [0.05, 0.1) is 16.4 Å². The number of carboxylic acid groups (broad SMARTS) is 1. The third kappa shape index (κ3) is 3.58. The van der Waals surface area contributed by atoms with E-state index in [1.165, 1.54) is 17.0 Å². The van der Waals surface area contributed by atoms with Gasteiger partial charge in [-0.1, -0.05) is 12.1 Å². The monoisotopic (exact) mass is 321 g/mol. The van der Waals surface area contributed by atoms with Crippen LogP contribution in [0.15, 0.2) is 24.3 Å². The Morgan fingerprint density at radius 2 is 2.17 bits per heavy atom. The number of carbonyl (C=O) groups is 2. The van der Waals surface area contributed by atoms with Crippen LogP contribution in [0.1, 0.15) is 31.9 Å².